The number of hydrogen-bond acceptors (Lipinski definition) is 2. The molecule has 0 saturated heterocycles. The minimum absolute atomic E-state index is 0.267. The fraction of sp³-hybridized carbons (Fsp3) is 0.538. The first-order valence-corrected chi connectivity index (χ1v) is 5.79. The zero-order valence-electron chi connectivity index (χ0n) is 9.02. The van der Waals surface area contributed by atoms with Crippen molar-refractivity contribution in [1.82, 2.24) is 0 Å². The van der Waals surface area contributed by atoms with Crippen LogP contribution in [-0.2, 0) is 6.42 Å². The Morgan fingerprint density at radius 1 is 1.40 bits per heavy atom. The second-order valence-electron chi connectivity index (χ2n) is 4.34. The molecule has 1 aliphatic carbocycles. The van der Waals surface area contributed by atoms with Crippen LogP contribution in [0.1, 0.15) is 36.3 Å². The van der Waals surface area contributed by atoms with Crippen LogP contribution >= 0.6 is 0 Å². The maximum absolute atomic E-state index is 10.0. The number of benzene rings is 1. The van der Waals surface area contributed by atoms with Crippen molar-refractivity contribution < 1.29 is 5.11 Å². The van der Waals surface area contributed by atoms with Gasteiger partial charge in [-0.05, 0) is 43.4 Å². The highest BCUT2D eigenvalue weighted by Crippen LogP contribution is 2.34. The average Bonchev–Trinajstić information content (AvgIpc) is 2.28. The minimum atomic E-state index is -0.267. The molecule has 0 radical (unpaired) electrons. The Hall–Kier alpha value is -0.860. The van der Waals surface area contributed by atoms with Gasteiger partial charge in [-0.15, -0.1) is 0 Å². The topological polar surface area (TPSA) is 46.2 Å². The fourth-order valence-electron chi connectivity index (χ4n) is 2.56. The van der Waals surface area contributed by atoms with Crippen molar-refractivity contribution in [2.75, 3.05) is 6.54 Å². The van der Waals surface area contributed by atoms with Gasteiger partial charge in [0.05, 0.1) is 6.10 Å². The zero-order valence-corrected chi connectivity index (χ0v) is 9.02. The SMILES string of the molecule is NCCC(O)C1CCCc2ccccc21. The summed E-state index contributed by atoms with van der Waals surface area (Å²) in [5.74, 6) is 0.304. The molecule has 0 amide bonds. The normalized spacial score (nSPS) is 22.1. The minimum Gasteiger partial charge on any atom is -0.392 e. The van der Waals surface area contributed by atoms with Crippen LogP contribution in [0.2, 0.25) is 0 Å². The molecule has 0 heterocycles. The van der Waals surface area contributed by atoms with Crippen LogP contribution in [0, 0.1) is 0 Å². The van der Waals surface area contributed by atoms with Crippen LogP contribution in [0.25, 0.3) is 0 Å². The number of aliphatic hydroxyl groups is 1. The highest BCUT2D eigenvalue weighted by molar-refractivity contribution is 5.33. The number of aliphatic hydroxyl groups excluding tert-OH is 1. The second-order valence-corrected chi connectivity index (χ2v) is 4.34. The number of aryl methyl sites for hydroxylation is 1. The van der Waals surface area contributed by atoms with E-state index >= 15 is 0 Å². The summed E-state index contributed by atoms with van der Waals surface area (Å²) in [6.45, 7) is 0.569. The summed E-state index contributed by atoms with van der Waals surface area (Å²) in [7, 11) is 0. The molecule has 0 bridgehead atoms. The smallest absolute Gasteiger partial charge is 0.0620 e. The molecule has 3 N–H and O–H groups in total. The molecule has 2 unspecified atom stereocenters. The van der Waals surface area contributed by atoms with Gasteiger partial charge in [-0.1, -0.05) is 24.3 Å². The number of hydrogen-bond donors (Lipinski definition) is 2. The van der Waals surface area contributed by atoms with Gasteiger partial charge in [0, 0.05) is 5.92 Å². The maximum Gasteiger partial charge on any atom is 0.0620 e. The van der Waals surface area contributed by atoms with E-state index in [1.807, 2.05) is 0 Å². The van der Waals surface area contributed by atoms with Crippen LogP contribution in [-0.4, -0.2) is 17.8 Å². The van der Waals surface area contributed by atoms with Gasteiger partial charge in [-0.25, -0.2) is 0 Å². The van der Waals surface area contributed by atoms with E-state index in [0.29, 0.717) is 18.9 Å². The van der Waals surface area contributed by atoms with E-state index in [9.17, 15) is 5.11 Å². The van der Waals surface area contributed by atoms with Gasteiger partial charge in [0.2, 0.25) is 0 Å². The largest absolute Gasteiger partial charge is 0.392 e. The van der Waals surface area contributed by atoms with E-state index in [4.69, 9.17) is 5.73 Å². The van der Waals surface area contributed by atoms with Crippen LogP contribution in [0.4, 0.5) is 0 Å². The number of fused-ring (bicyclic) bond motifs is 1. The standard InChI is InChI=1S/C13H19NO/c14-9-8-13(15)12-7-3-5-10-4-1-2-6-11(10)12/h1-2,4,6,12-13,15H,3,5,7-9,14H2. The Morgan fingerprint density at radius 2 is 2.20 bits per heavy atom. The van der Waals surface area contributed by atoms with E-state index in [1.54, 1.807) is 0 Å². The predicted molar refractivity (Wildman–Crippen MR) is 61.8 cm³/mol. The van der Waals surface area contributed by atoms with E-state index in [-0.39, 0.29) is 6.10 Å². The Morgan fingerprint density at radius 3 is 3.00 bits per heavy atom. The monoisotopic (exact) mass is 205 g/mol. The lowest BCUT2D eigenvalue weighted by molar-refractivity contribution is 0.127. The van der Waals surface area contributed by atoms with Gasteiger partial charge in [-0.2, -0.15) is 0 Å². The van der Waals surface area contributed by atoms with Crippen LogP contribution in [0.5, 0.6) is 0 Å². The fourth-order valence-corrected chi connectivity index (χ4v) is 2.56. The first-order valence-electron chi connectivity index (χ1n) is 5.79. The summed E-state index contributed by atoms with van der Waals surface area (Å²) >= 11 is 0. The molecule has 2 rings (SSSR count). The van der Waals surface area contributed by atoms with E-state index in [2.05, 4.69) is 24.3 Å². The summed E-state index contributed by atoms with van der Waals surface area (Å²) in [6.07, 6.45) is 3.87. The molecule has 1 aliphatic rings. The lowest BCUT2D eigenvalue weighted by atomic mass is 9.79. The van der Waals surface area contributed by atoms with Gasteiger partial charge in [0.15, 0.2) is 0 Å². The molecule has 2 heteroatoms. The van der Waals surface area contributed by atoms with Gasteiger partial charge in [0.25, 0.3) is 0 Å². The van der Waals surface area contributed by atoms with Crippen LogP contribution < -0.4 is 5.73 Å². The molecule has 15 heavy (non-hydrogen) atoms. The zero-order chi connectivity index (χ0) is 10.7. The van der Waals surface area contributed by atoms with Crippen molar-refractivity contribution in [1.29, 1.82) is 0 Å². The predicted octanol–water partition coefficient (Wildman–Crippen LogP) is 1.82. The van der Waals surface area contributed by atoms with E-state index in [0.717, 1.165) is 12.8 Å². The van der Waals surface area contributed by atoms with Crippen LogP contribution in [0.3, 0.4) is 0 Å². The van der Waals surface area contributed by atoms with Gasteiger partial charge in [0.1, 0.15) is 0 Å². The summed E-state index contributed by atoms with van der Waals surface area (Å²) in [5.41, 5.74) is 8.24. The lowest BCUT2D eigenvalue weighted by Gasteiger charge is -2.29. The molecular formula is C13H19NO. The van der Waals surface area contributed by atoms with Gasteiger partial charge >= 0.3 is 0 Å². The van der Waals surface area contributed by atoms with E-state index in [1.165, 1.54) is 17.5 Å². The summed E-state index contributed by atoms with van der Waals surface area (Å²) in [6, 6.07) is 8.47. The molecule has 0 fully saturated rings. The molecule has 0 spiro atoms. The molecule has 2 atom stereocenters. The molecule has 1 aromatic carbocycles. The van der Waals surface area contributed by atoms with Crippen molar-refractivity contribution in [3.8, 4) is 0 Å². The van der Waals surface area contributed by atoms with Crippen molar-refractivity contribution in [2.45, 2.75) is 37.7 Å². The molecule has 0 aromatic heterocycles. The summed E-state index contributed by atoms with van der Waals surface area (Å²) in [4.78, 5) is 0. The molecule has 0 saturated carbocycles. The third-order valence-electron chi connectivity index (χ3n) is 3.34. The summed E-state index contributed by atoms with van der Waals surface area (Å²) < 4.78 is 0. The second kappa shape index (κ2) is 4.77. The Labute approximate surface area is 91.1 Å². The quantitative estimate of drug-likeness (QED) is 0.790. The summed E-state index contributed by atoms with van der Waals surface area (Å²) in [5, 5.41) is 10.0. The van der Waals surface area contributed by atoms with Gasteiger partial charge in [-0.3, -0.25) is 0 Å². The van der Waals surface area contributed by atoms with Gasteiger partial charge < -0.3 is 10.8 Å². The first-order chi connectivity index (χ1) is 7.33. The third kappa shape index (κ3) is 2.21. The van der Waals surface area contributed by atoms with Crippen molar-refractivity contribution in [3.63, 3.8) is 0 Å². The molecule has 2 nitrogen and oxygen atoms in total. The molecule has 82 valence electrons. The Balaban J connectivity index is 2.21. The number of nitrogens with two attached hydrogens (primary N) is 1. The highest BCUT2D eigenvalue weighted by atomic mass is 16.3. The Kier molecular flexibility index (Phi) is 3.39. The lowest BCUT2D eigenvalue weighted by Crippen LogP contribution is -2.25. The molecule has 1 aromatic rings. The molecular weight excluding hydrogens is 186 g/mol. The average molecular weight is 205 g/mol. The first kappa shape index (κ1) is 10.7. The van der Waals surface area contributed by atoms with Crippen molar-refractivity contribution in [2.24, 2.45) is 5.73 Å². The Bertz CT molecular complexity index is 324. The highest BCUT2D eigenvalue weighted by Gasteiger charge is 2.25. The third-order valence-corrected chi connectivity index (χ3v) is 3.34. The maximum atomic E-state index is 10.0. The molecule has 0 aliphatic heterocycles. The number of rotatable bonds is 3. The van der Waals surface area contributed by atoms with Crippen LogP contribution in [0.15, 0.2) is 24.3 Å². The van der Waals surface area contributed by atoms with E-state index < -0.39 is 0 Å². The van der Waals surface area contributed by atoms with Crippen molar-refractivity contribution >= 4 is 0 Å². The van der Waals surface area contributed by atoms with Crippen molar-refractivity contribution in [3.05, 3.63) is 35.4 Å².